The van der Waals surface area contributed by atoms with Crippen molar-refractivity contribution in [1.29, 1.82) is 0 Å². The van der Waals surface area contributed by atoms with Crippen LogP contribution in [-0.2, 0) is 19.6 Å². The van der Waals surface area contributed by atoms with Gasteiger partial charge in [-0.1, -0.05) is 18.2 Å². The second kappa shape index (κ2) is 7.08. The standard InChI is InChI=1S/C21H15F3N6O/c1-30-11-14(9-27-30)13-6-15-16(10-26-19(15)25-8-13)20-29-28-18(31-20)7-12-4-2-3-5-17(12)21(22,23)24/h2-6,8-11H,7H2,1H3,(H,25,26). The minimum Gasteiger partial charge on any atom is -0.420 e. The average Bonchev–Trinajstić information content (AvgIpc) is 3.46. The molecule has 0 spiro atoms. The zero-order chi connectivity index (χ0) is 21.6. The van der Waals surface area contributed by atoms with E-state index in [1.54, 1.807) is 29.3 Å². The molecule has 0 saturated carbocycles. The lowest BCUT2D eigenvalue weighted by molar-refractivity contribution is -0.138. The number of fused-ring (bicyclic) bond motifs is 1. The van der Waals surface area contributed by atoms with Gasteiger partial charge < -0.3 is 9.40 Å². The zero-order valence-electron chi connectivity index (χ0n) is 16.2. The zero-order valence-corrected chi connectivity index (χ0v) is 16.2. The Balaban J connectivity index is 1.49. The van der Waals surface area contributed by atoms with E-state index in [0.717, 1.165) is 22.6 Å². The molecule has 0 unspecified atom stereocenters. The van der Waals surface area contributed by atoms with Crippen LogP contribution in [0.25, 0.3) is 33.6 Å². The fraction of sp³-hybridized carbons (Fsp3) is 0.143. The second-order valence-corrected chi connectivity index (χ2v) is 7.06. The number of benzene rings is 1. The molecular formula is C21H15F3N6O. The highest BCUT2D eigenvalue weighted by atomic mass is 19.4. The van der Waals surface area contributed by atoms with Gasteiger partial charge in [0.2, 0.25) is 11.8 Å². The summed E-state index contributed by atoms with van der Waals surface area (Å²) in [6, 6.07) is 7.27. The number of nitrogens with zero attached hydrogens (tertiary/aromatic N) is 5. The Labute approximate surface area is 173 Å². The summed E-state index contributed by atoms with van der Waals surface area (Å²) in [7, 11) is 1.83. The molecule has 5 rings (SSSR count). The van der Waals surface area contributed by atoms with Gasteiger partial charge >= 0.3 is 6.18 Å². The molecule has 0 atom stereocenters. The molecule has 7 nitrogen and oxygen atoms in total. The highest BCUT2D eigenvalue weighted by Gasteiger charge is 2.33. The molecule has 0 aliphatic rings. The molecule has 31 heavy (non-hydrogen) atoms. The van der Waals surface area contributed by atoms with E-state index in [1.807, 2.05) is 19.3 Å². The first kappa shape index (κ1) is 19.0. The fourth-order valence-corrected chi connectivity index (χ4v) is 3.46. The smallest absolute Gasteiger partial charge is 0.416 e. The summed E-state index contributed by atoms with van der Waals surface area (Å²) in [4.78, 5) is 7.47. The summed E-state index contributed by atoms with van der Waals surface area (Å²) in [5, 5.41) is 12.9. The number of nitrogens with one attached hydrogen (secondary N) is 1. The summed E-state index contributed by atoms with van der Waals surface area (Å²) < 4.78 is 47.1. The van der Waals surface area contributed by atoms with Crippen molar-refractivity contribution in [3.8, 4) is 22.6 Å². The van der Waals surface area contributed by atoms with E-state index in [1.165, 1.54) is 12.1 Å². The third-order valence-electron chi connectivity index (χ3n) is 4.93. The number of hydrogen-bond donors (Lipinski definition) is 1. The largest absolute Gasteiger partial charge is 0.420 e. The summed E-state index contributed by atoms with van der Waals surface area (Å²) >= 11 is 0. The molecule has 4 aromatic heterocycles. The summed E-state index contributed by atoms with van der Waals surface area (Å²) in [5.74, 6) is 0.299. The Hall–Kier alpha value is -3.95. The van der Waals surface area contributed by atoms with Gasteiger partial charge in [-0.05, 0) is 17.7 Å². The van der Waals surface area contributed by atoms with Crippen LogP contribution in [0.4, 0.5) is 13.2 Å². The lowest BCUT2D eigenvalue weighted by atomic mass is 10.0. The van der Waals surface area contributed by atoms with Crippen molar-refractivity contribution < 1.29 is 17.6 Å². The molecule has 0 amide bonds. The molecule has 156 valence electrons. The van der Waals surface area contributed by atoms with Crippen LogP contribution in [0.2, 0.25) is 0 Å². The third-order valence-corrected chi connectivity index (χ3v) is 4.93. The fourth-order valence-electron chi connectivity index (χ4n) is 3.46. The van der Waals surface area contributed by atoms with Gasteiger partial charge in [-0.2, -0.15) is 18.3 Å². The number of alkyl halides is 3. The molecule has 1 aromatic carbocycles. The Morgan fingerprint density at radius 2 is 1.94 bits per heavy atom. The van der Waals surface area contributed by atoms with Crippen LogP contribution in [0, 0.1) is 0 Å². The number of aryl methyl sites for hydroxylation is 1. The van der Waals surface area contributed by atoms with Crippen molar-refractivity contribution in [2.75, 3.05) is 0 Å². The van der Waals surface area contributed by atoms with Crippen molar-refractivity contribution in [3.63, 3.8) is 0 Å². The van der Waals surface area contributed by atoms with Crippen LogP contribution in [0.3, 0.4) is 0 Å². The Morgan fingerprint density at radius 3 is 2.71 bits per heavy atom. The molecule has 5 aromatic rings. The molecule has 1 N–H and O–H groups in total. The van der Waals surface area contributed by atoms with Crippen molar-refractivity contribution in [1.82, 2.24) is 29.9 Å². The van der Waals surface area contributed by atoms with Gasteiger partial charge in [-0.3, -0.25) is 4.68 Å². The third kappa shape index (κ3) is 3.56. The van der Waals surface area contributed by atoms with E-state index in [0.29, 0.717) is 11.2 Å². The van der Waals surface area contributed by atoms with Crippen LogP contribution in [0.1, 0.15) is 17.0 Å². The van der Waals surface area contributed by atoms with Crippen molar-refractivity contribution in [2.45, 2.75) is 12.6 Å². The van der Waals surface area contributed by atoms with Gasteiger partial charge in [0.1, 0.15) is 5.65 Å². The van der Waals surface area contributed by atoms with Crippen LogP contribution in [0.15, 0.2) is 59.5 Å². The maximum atomic E-state index is 13.2. The van der Waals surface area contributed by atoms with E-state index in [9.17, 15) is 13.2 Å². The number of hydrogen-bond acceptors (Lipinski definition) is 5. The molecule has 0 aliphatic carbocycles. The molecule has 0 saturated heterocycles. The first-order valence-electron chi connectivity index (χ1n) is 9.32. The highest BCUT2D eigenvalue weighted by Crippen LogP contribution is 2.34. The van der Waals surface area contributed by atoms with Crippen molar-refractivity contribution in [3.05, 3.63) is 72.1 Å². The van der Waals surface area contributed by atoms with Gasteiger partial charge in [0.25, 0.3) is 0 Å². The van der Waals surface area contributed by atoms with Gasteiger partial charge in [-0.15, -0.1) is 10.2 Å². The van der Waals surface area contributed by atoms with E-state index >= 15 is 0 Å². The predicted octanol–water partition coefficient (Wildman–Crippen LogP) is 4.62. The molecule has 0 fully saturated rings. The van der Waals surface area contributed by atoms with Crippen LogP contribution < -0.4 is 0 Å². The first-order valence-corrected chi connectivity index (χ1v) is 9.32. The monoisotopic (exact) mass is 424 g/mol. The van der Waals surface area contributed by atoms with Crippen LogP contribution in [0.5, 0.6) is 0 Å². The Kier molecular flexibility index (Phi) is 4.35. The SMILES string of the molecule is Cn1cc(-c2cnc3[nH]cc(-c4nnc(Cc5ccccc5C(F)(F)F)o4)c3c2)cn1. The number of rotatable bonds is 4. The molecule has 4 heterocycles. The highest BCUT2D eigenvalue weighted by molar-refractivity contribution is 5.93. The summed E-state index contributed by atoms with van der Waals surface area (Å²) in [6.07, 6.45) is 2.45. The summed E-state index contributed by atoms with van der Waals surface area (Å²) in [6.45, 7) is 0. The molecule has 0 bridgehead atoms. The second-order valence-electron chi connectivity index (χ2n) is 7.06. The maximum absolute atomic E-state index is 13.2. The first-order chi connectivity index (χ1) is 14.9. The van der Waals surface area contributed by atoms with Crippen molar-refractivity contribution in [2.24, 2.45) is 7.05 Å². The normalized spacial score (nSPS) is 12.0. The van der Waals surface area contributed by atoms with Crippen LogP contribution >= 0.6 is 0 Å². The minimum atomic E-state index is -4.45. The van der Waals surface area contributed by atoms with E-state index < -0.39 is 11.7 Å². The van der Waals surface area contributed by atoms with Gasteiger partial charge in [0.15, 0.2) is 0 Å². The van der Waals surface area contributed by atoms with Gasteiger partial charge in [0.05, 0.1) is 23.7 Å². The van der Waals surface area contributed by atoms with E-state index in [2.05, 4.69) is 25.3 Å². The number of H-pyrrole nitrogens is 1. The Morgan fingerprint density at radius 1 is 1.10 bits per heavy atom. The van der Waals surface area contributed by atoms with Crippen LogP contribution in [-0.4, -0.2) is 29.9 Å². The van der Waals surface area contributed by atoms with Gasteiger partial charge in [0, 0.05) is 42.2 Å². The van der Waals surface area contributed by atoms with Gasteiger partial charge in [-0.25, -0.2) is 4.98 Å². The lowest BCUT2D eigenvalue weighted by Gasteiger charge is -2.10. The lowest BCUT2D eigenvalue weighted by Crippen LogP contribution is -2.09. The van der Waals surface area contributed by atoms with E-state index in [-0.39, 0.29) is 23.8 Å². The maximum Gasteiger partial charge on any atom is 0.416 e. The summed E-state index contributed by atoms with van der Waals surface area (Å²) in [5.41, 5.74) is 2.37. The van der Waals surface area contributed by atoms with E-state index in [4.69, 9.17) is 4.42 Å². The number of halogens is 3. The number of pyridine rings is 1. The quantitative estimate of drug-likeness (QED) is 0.455. The molecule has 0 aliphatic heterocycles. The number of aromatic nitrogens is 6. The minimum absolute atomic E-state index is 0.0738. The average molecular weight is 424 g/mol. The molecule has 0 radical (unpaired) electrons. The number of aromatic amines is 1. The molecule has 10 heteroatoms. The predicted molar refractivity (Wildman–Crippen MR) is 106 cm³/mol. The topological polar surface area (TPSA) is 85.4 Å². The Bertz CT molecular complexity index is 1380. The molecular weight excluding hydrogens is 409 g/mol. The van der Waals surface area contributed by atoms with Crippen molar-refractivity contribution >= 4 is 11.0 Å².